The molecule has 8 heteroatoms. The molecule has 0 heterocycles. The van der Waals surface area contributed by atoms with Crippen LogP contribution in [0.25, 0.3) is 0 Å². The van der Waals surface area contributed by atoms with Crippen molar-refractivity contribution < 1.29 is 38.2 Å². The second-order valence-corrected chi connectivity index (χ2v) is 18.8. The van der Waals surface area contributed by atoms with Gasteiger partial charge in [0, 0.05) is 19.3 Å². The molecule has 0 saturated carbocycles. The van der Waals surface area contributed by atoms with Crippen LogP contribution < -0.4 is 0 Å². The third-order valence-electron chi connectivity index (χ3n) is 11.9. The number of quaternary nitrogens is 1. The minimum absolute atomic E-state index is 0.0527. The van der Waals surface area contributed by atoms with Gasteiger partial charge >= 0.3 is 17.9 Å². The summed E-state index contributed by atoms with van der Waals surface area (Å²) in [6.07, 6.45) is 48.4. The number of carbonyl (C=O) groups excluding carboxylic acids is 2. The summed E-state index contributed by atoms with van der Waals surface area (Å²) in [4.78, 5) is 37.1. The highest BCUT2D eigenvalue weighted by atomic mass is 16.6. The van der Waals surface area contributed by atoms with Crippen LogP contribution in [0.5, 0.6) is 0 Å². The normalized spacial score (nSPS) is 12.9. The molecule has 0 aromatic carbocycles. The van der Waals surface area contributed by atoms with Crippen molar-refractivity contribution in [2.75, 3.05) is 41.0 Å². The Morgan fingerprint density at radius 3 is 1.22 bits per heavy atom. The molecular formula is C52H100NO7+. The van der Waals surface area contributed by atoms with Gasteiger partial charge in [-0.3, -0.25) is 9.59 Å². The first kappa shape index (κ1) is 58.1. The lowest BCUT2D eigenvalue weighted by molar-refractivity contribution is -0.887. The first-order valence-electron chi connectivity index (χ1n) is 25.7. The summed E-state index contributed by atoms with van der Waals surface area (Å²) in [6, 6.07) is -0.613. The largest absolute Gasteiger partial charge is 0.477 e. The van der Waals surface area contributed by atoms with E-state index in [9.17, 15) is 19.5 Å². The number of rotatable bonds is 47. The molecule has 354 valence electrons. The zero-order chi connectivity index (χ0) is 44.2. The van der Waals surface area contributed by atoms with Crippen LogP contribution in [0.3, 0.4) is 0 Å². The number of unbranched alkanes of at least 4 members (excludes halogenated alkanes) is 31. The summed E-state index contributed by atoms with van der Waals surface area (Å²) in [6.45, 7) is 4.76. The van der Waals surface area contributed by atoms with Crippen molar-refractivity contribution in [3.05, 3.63) is 12.2 Å². The van der Waals surface area contributed by atoms with Crippen LogP contribution in [0.15, 0.2) is 12.2 Å². The fourth-order valence-corrected chi connectivity index (χ4v) is 7.91. The molecule has 0 aromatic heterocycles. The minimum Gasteiger partial charge on any atom is -0.477 e. The lowest BCUT2D eigenvalue weighted by atomic mass is 10.0. The van der Waals surface area contributed by atoms with Crippen molar-refractivity contribution in [3.63, 3.8) is 0 Å². The molecule has 8 nitrogen and oxygen atoms in total. The Labute approximate surface area is 371 Å². The third kappa shape index (κ3) is 41.4. The van der Waals surface area contributed by atoms with Crippen LogP contribution in [0.4, 0.5) is 0 Å². The van der Waals surface area contributed by atoms with Gasteiger partial charge in [0.15, 0.2) is 12.1 Å². The molecule has 0 fully saturated rings. The summed E-state index contributed by atoms with van der Waals surface area (Å²) in [5.41, 5.74) is 0. The van der Waals surface area contributed by atoms with Gasteiger partial charge in [-0.15, -0.1) is 0 Å². The summed E-state index contributed by atoms with van der Waals surface area (Å²) >= 11 is 0. The predicted octanol–water partition coefficient (Wildman–Crippen LogP) is 14.6. The van der Waals surface area contributed by atoms with Gasteiger partial charge in [0.2, 0.25) is 0 Å². The second-order valence-electron chi connectivity index (χ2n) is 18.8. The van der Waals surface area contributed by atoms with Crippen molar-refractivity contribution in [2.24, 2.45) is 0 Å². The molecule has 0 saturated heterocycles. The number of aliphatic carboxylic acids is 1. The Kier molecular flexibility index (Phi) is 42.3. The van der Waals surface area contributed by atoms with E-state index in [1.54, 1.807) is 0 Å². The molecule has 2 atom stereocenters. The number of ether oxygens (including phenoxy) is 3. The van der Waals surface area contributed by atoms with Gasteiger partial charge in [0.05, 0.1) is 34.4 Å². The van der Waals surface area contributed by atoms with Gasteiger partial charge in [-0.25, -0.2) is 4.79 Å². The first-order chi connectivity index (χ1) is 29.1. The number of hydrogen-bond donors (Lipinski definition) is 1. The Morgan fingerprint density at radius 1 is 0.483 bits per heavy atom. The highest BCUT2D eigenvalue weighted by molar-refractivity contribution is 5.72. The topological polar surface area (TPSA) is 99.1 Å². The number of allylic oxidation sites excluding steroid dienone is 2. The maximum absolute atomic E-state index is 12.8. The zero-order valence-corrected chi connectivity index (χ0v) is 40.4. The number of carboxylic acid groups (broad SMARTS) is 1. The molecule has 0 aliphatic heterocycles. The van der Waals surface area contributed by atoms with E-state index in [0.717, 1.165) is 51.4 Å². The summed E-state index contributed by atoms with van der Waals surface area (Å²) in [5, 5.41) is 9.64. The smallest absolute Gasteiger partial charge is 0.362 e. The molecule has 0 spiro atoms. The Hall–Kier alpha value is -1.93. The van der Waals surface area contributed by atoms with Crippen LogP contribution >= 0.6 is 0 Å². The van der Waals surface area contributed by atoms with Crippen molar-refractivity contribution in [1.82, 2.24) is 0 Å². The van der Waals surface area contributed by atoms with Crippen LogP contribution in [0.1, 0.15) is 251 Å². The van der Waals surface area contributed by atoms with Gasteiger partial charge < -0.3 is 23.8 Å². The number of esters is 2. The molecule has 0 radical (unpaired) electrons. The molecule has 60 heavy (non-hydrogen) atoms. The van der Waals surface area contributed by atoms with Crippen LogP contribution in [0, 0.1) is 0 Å². The molecule has 0 bridgehead atoms. The van der Waals surface area contributed by atoms with E-state index in [2.05, 4.69) is 26.0 Å². The fraction of sp³-hybridized carbons (Fsp3) is 0.904. The minimum atomic E-state index is -0.873. The molecule has 0 aliphatic carbocycles. The van der Waals surface area contributed by atoms with E-state index in [4.69, 9.17) is 14.2 Å². The summed E-state index contributed by atoms with van der Waals surface area (Å²) < 4.78 is 17.3. The van der Waals surface area contributed by atoms with E-state index >= 15 is 0 Å². The monoisotopic (exact) mass is 851 g/mol. The first-order valence-corrected chi connectivity index (χ1v) is 25.7. The van der Waals surface area contributed by atoms with E-state index in [-0.39, 0.29) is 36.2 Å². The predicted molar refractivity (Wildman–Crippen MR) is 252 cm³/mol. The van der Waals surface area contributed by atoms with Gasteiger partial charge in [0.1, 0.15) is 6.61 Å². The van der Waals surface area contributed by atoms with E-state index in [1.165, 1.54) is 167 Å². The van der Waals surface area contributed by atoms with Crippen LogP contribution in [-0.4, -0.2) is 80.6 Å². The highest BCUT2D eigenvalue weighted by Gasteiger charge is 2.31. The quantitative estimate of drug-likeness (QED) is 0.0282. The van der Waals surface area contributed by atoms with Crippen molar-refractivity contribution in [2.45, 2.75) is 264 Å². The van der Waals surface area contributed by atoms with Gasteiger partial charge in [-0.2, -0.15) is 0 Å². The Balaban J connectivity index is 4.16. The standard InChI is InChI=1S/C52H99NO7/c1-6-8-10-12-14-16-18-20-21-22-23-24-25-26-27-28-29-31-33-35-37-39-41-43-51(55)60-48(46-58-45-44-49(52(56)57)53(3,4)5)47-59-50(54)42-40-38-36-34-32-30-19-17-15-13-11-9-7-2/h30,32,48-49H,6-29,31,33-47H2,1-5H3/p+1/b32-30+. The van der Waals surface area contributed by atoms with Crippen LogP contribution in [0.2, 0.25) is 0 Å². The number of nitrogens with zero attached hydrogens (tertiary/aromatic N) is 1. The second kappa shape index (κ2) is 43.7. The number of carboxylic acids is 1. The molecule has 0 aromatic rings. The zero-order valence-electron chi connectivity index (χ0n) is 40.4. The maximum Gasteiger partial charge on any atom is 0.362 e. The van der Waals surface area contributed by atoms with E-state index in [1.807, 2.05) is 21.1 Å². The summed E-state index contributed by atoms with van der Waals surface area (Å²) in [5.74, 6) is -1.47. The number of carbonyl (C=O) groups is 3. The molecule has 1 N–H and O–H groups in total. The molecule has 2 unspecified atom stereocenters. The maximum atomic E-state index is 12.8. The summed E-state index contributed by atoms with van der Waals surface area (Å²) in [7, 11) is 5.54. The third-order valence-corrected chi connectivity index (χ3v) is 11.9. The number of likely N-dealkylation sites (N-methyl/N-ethyl adjacent to an activating group) is 1. The Bertz CT molecular complexity index is 993. The molecule has 0 rings (SSSR count). The van der Waals surface area contributed by atoms with Crippen molar-refractivity contribution in [1.29, 1.82) is 0 Å². The van der Waals surface area contributed by atoms with Crippen molar-refractivity contribution in [3.8, 4) is 0 Å². The van der Waals surface area contributed by atoms with E-state index in [0.29, 0.717) is 19.3 Å². The molecule has 0 amide bonds. The van der Waals surface area contributed by atoms with Crippen LogP contribution in [-0.2, 0) is 28.6 Å². The highest BCUT2D eigenvalue weighted by Crippen LogP contribution is 2.17. The van der Waals surface area contributed by atoms with Gasteiger partial charge in [0.25, 0.3) is 0 Å². The average Bonchev–Trinajstić information content (AvgIpc) is 3.21. The van der Waals surface area contributed by atoms with Gasteiger partial charge in [-0.1, -0.05) is 206 Å². The number of hydrogen-bond acceptors (Lipinski definition) is 6. The molecule has 0 aliphatic rings. The molecular weight excluding hydrogens is 751 g/mol. The average molecular weight is 851 g/mol. The lowest BCUT2D eigenvalue weighted by Gasteiger charge is -2.31. The fourth-order valence-electron chi connectivity index (χ4n) is 7.91. The SMILES string of the molecule is CCCCCCCC/C=C/CCCCCC(=O)OCC(COCCC(C(=O)O)[N+](C)(C)C)OC(=O)CCCCCCCCCCCCCCCCCCCCCCCCC. The van der Waals surface area contributed by atoms with Crippen molar-refractivity contribution >= 4 is 17.9 Å². The Morgan fingerprint density at radius 2 is 0.833 bits per heavy atom. The van der Waals surface area contributed by atoms with E-state index < -0.39 is 18.1 Å². The van der Waals surface area contributed by atoms with Gasteiger partial charge in [-0.05, 0) is 38.5 Å². The lowest BCUT2D eigenvalue weighted by Crippen LogP contribution is -2.50.